The third-order valence-electron chi connectivity index (χ3n) is 3.97. The summed E-state index contributed by atoms with van der Waals surface area (Å²) in [4.78, 5) is 14.5. The zero-order valence-electron chi connectivity index (χ0n) is 11.2. The van der Waals surface area contributed by atoms with Crippen molar-refractivity contribution < 1.29 is 4.79 Å². The van der Waals surface area contributed by atoms with Crippen molar-refractivity contribution in [2.45, 2.75) is 32.2 Å². The second-order valence-electron chi connectivity index (χ2n) is 5.54. The van der Waals surface area contributed by atoms with E-state index in [1.54, 1.807) is 0 Å². The molecule has 0 saturated carbocycles. The predicted octanol–water partition coefficient (Wildman–Crippen LogP) is 1.04. The van der Waals surface area contributed by atoms with Gasteiger partial charge in [-0.3, -0.25) is 4.79 Å². The van der Waals surface area contributed by atoms with Gasteiger partial charge in [0.1, 0.15) is 0 Å². The van der Waals surface area contributed by atoms with Gasteiger partial charge in [-0.25, -0.2) is 0 Å². The van der Waals surface area contributed by atoms with Crippen LogP contribution in [0.1, 0.15) is 26.2 Å². The van der Waals surface area contributed by atoms with E-state index in [2.05, 4.69) is 29.5 Å². The first-order valence-electron chi connectivity index (χ1n) is 6.30. The van der Waals surface area contributed by atoms with Gasteiger partial charge >= 0.3 is 0 Å². The Morgan fingerprint density at radius 2 is 1.94 bits per heavy atom. The molecule has 18 heavy (non-hydrogen) atoms. The molecular weight excluding hydrogens is 273 g/mol. The summed E-state index contributed by atoms with van der Waals surface area (Å²) in [6, 6.07) is 0.390. The third-order valence-corrected chi connectivity index (χ3v) is 3.97. The van der Waals surface area contributed by atoms with Crippen LogP contribution in [0, 0.1) is 5.41 Å². The molecule has 0 aromatic heterocycles. The minimum Gasteiger partial charge on any atom is -0.353 e. The van der Waals surface area contributed by atoms with Crippen molar-refractivity contribution in [1.82, 2.24) is 15.5 Å². The molecule has 0 bridgehead atoms. The van der Waals surface area contributed by atoms with Crippen molar-refractivity contribution in [2.75, 3.05) is 33.2 Å². The number of halogens is 2. The lowest BCUT2D eigenvalue weighted by Crippen LogP contribution is -2.49. The van der Waals surface area contributed by atoms with Crippen LogP contribution in [0.15, 0.2) is 0 Å². The van der Waals surface area contributed by atoms with E-state index in [0.717, 1.165) is 45.4 Å². The minimum absolute atomic E-state index is 0. The standard InChI is InChI=1S/C12H23N3O.2ClH/c1-12(5-6-13-9-12)11(16)14-10-3-7-15(2)8-4-10;;/h10,13H,3-9H2,1-2H3,(H,14,16);2*1H. The molecule has 2 aliphatic heterocycles. The van der Waals surface area contributed by atoms with Crippen LogP contribution < -0.4 is 10.6 Å². The number of rotatable bonds is 2. The van der Waals surface area contributed by atoms with Gasteiger partial charge < -0.3 is 15.5 Å². The van der Waals surface area contributed by atoms with Crippen molar-refractivity contribution in [3.8, 4) is 0 Å². The van der Waals surface area contributed by atoms with Gasteiger partial charge in [-0.15, -0.1) is 24.8 Å². The molecule has 1 unspecified atom stereocenters. The highest BCUT2D eigenvalue weighted by molar-refractivity contribution is 5.85. The van der Waals surface area contributed by atoms with Crippen molar-refractivity contribution in [2.24, 2.45) is 5.41 Å². The summed E-state index contributed by atoms with van der Waals surface area (Å²) < 4.78 is 0. The third kappa shape index (κ3) is 4.26. The topological polar surface area (TPSA) is 44.4 Å². The Kier molecular flexibility index (Phi) is 7.52. The molecule has 6 heteroatoms. The van der Waals surface area contributed by atoms with Crippen molar-refractivity contribution in [1.29, 1.82) is 0 Å². The highest BCUT2D eigenvalue weighted by Gasteiger charge is 2.37. The number of hydrogen-bond donors (Lipinski definition) is 2. The van der Waals surface area contributed by atoms with E-state index in [1.807, 2.05) is 0 Å². The molecule has 2 heterocycles. The van der Waals surface area contributed by atoms with Crippen LogP contribution in [0.2, 0.25) is 0 Å². The molecule has 1 atom stereocenters. The lowest BCUT2D eigenvalue weighted by Gasteiger charge is -2.32. The first kappa shape index (κ1) is 18.0. The van der Waals surface area contributed by atoms with Crippen molar-refractivity contribution >= 4 is 30.7 Å². The van der Waals surface area contributed by atoms with Crippen molar-refractivity contribution in [3.63, 3.8) is 0 Å². The van der Waals surface area contributed by atoms with Gasteiger partial charge in [-0.2, -0.15) is 0 Å². The highest BCUT2D eigenvalue weighted by Crippen LogP contribution is 2.25. The van der Waals surface area contributed by atoms with E-state index in [1.165, 1.54) is 0 Å². The first-order chi connectivity index (χ1) is 7.60. The van der Waals surface area contributed by atoms with Crippen LogP contribution in [0.5, 0.6) is 0 Å². The average molecular weight is 298 g/mol. The Balaban J connectivity index is 0.00000144. The molecule has 0 spiro atoms. The number of likely N-dealkylation sites (tertiary alicyclic amines) is 1. The molecule has 4 nitrogen and oxygen atoms in total. The number of carbonyl (C=O) groups is 1. The molecule has 0 radical (unpaired) electrons. The molecule has 2 rings (SSSR count). The first-order valence-corrected chi connectivity index (χ1v) is 6.30. The van der Waals surface area contributed by atoms with E-state index >= 15 is 0 Å². The lowest BCUT2D eigenvalue weighted by atomic mass is 9.88. The molecule has 0 aliphatic carbocycles. The number of nitrogens with one attached hydrogen (secondary N) is 2. The fraction of sp³-hybridized carbons (Fsp3) is 0.917. The van der Waals surface area contributed by atoms with Gasteiger partial charge in [0, 0.05) is 12.6 Å². The van der Waals surface area contributed by atoms with Gasteiger partial charge in [-0.1, -0.05) is 0 Å². The van der Waals surface area contributed by atoms with E-state index in [0.29, 0.717) is 6.04 Å². The lowest BCUT2D eigenvalue weighted by molar-refractivity contribution is -0.130. The smallest absolute Gasteiger partial charge is 0.227 e. The normalized spacial score (nSPS) is 29.2. The summed E-state index contributed by atoms with van der Waals surface area (Å²) in [6.07, 6.45) is 3.14. The van der Waals surface area contributed by atoms with Crippen LogP contribution in [0.3, 0.4) is 0 Å². The van der Waals surface area contributed by atoms with E-state index in [4.69, 9.17) is 0 Å². The number of carbonyl (C=O) groups excluding carboxylic acids is 1. The number of nitrogens with zero attached hydrogens (tertiary/aromatic N) is 1. The minimum atomic E-state index is -0.177. The molecule has 108 valence electrons. The second kappa shape index (κ2) is 7.53. The van der Waals surface area contributed by atoms with E-state index < -0.39 is 0 Å². The number of amides is 1. The average Bonchev–Trinajstić information content (AvgIpc) is 2.70. The largest absolute Gasteiger partial charge is 0.353 e. The summed E-state index contributed by atoms with van der Waals surface area (Å²) in [5.74, 6) is 0.243. The van der Waals surface area contributed by atoms with Crippen LogP contribution in [0.4, 0.5) is 0 Å². The summed E-state index contributed by atoms with van der Waals surface area (Å²) in [7, 11) is 2.14. The van der Waals surface area contributed by atoms with Gasteiger partial charge in [0.25, 0.3) is 0 Å². The molecule has 1 amide bonds. The van der Waals surface area contributed by atoms with Crippen molar-refractivity contribution in [3.05, 3.63) is 0 Å². The summed E-state index contributed by atoms with van der Waals surface area (Å²) in [6.45, 7) is 6.06. The maximum absolute atomic E-state index is 12.2. The maximum atomic E-state index is 12.2. The van der Waals surface area contributed by atoms with Crippen LogP contribution in [-0.4, -0.2) is 50.1 Å². The van der Waals surface area contributed by atoms with Crippen LogP contribution >= 0.6 is 24.8 Å². The maximum Gasteiger partial charge on any atom is 0.227 e. The quantitative estimate of drug-likeness (QED) is 0.800. The van der Waals surface area contributed by atoms with Gasteiger partial charge in [0.2, 0.25) is 5.91 Å². The Morgan fingerprint density at radius 1 is 1.33 bits per heavy atom. The summed E-state index contributed by atoms with van der Waals surface area (Å²) >= 11 is 0. The molecule has 2 aliphatic rings. The fourth-order valence-electron chi connectivity index (χ4n) is 2.52. The molecular formula is C12H25Cl2N3O. The van der Waals surface area contributed by atoms with Crippen LogP contribution in [0.25, 0.3) is 0 Å². The van der Waals surface area contributed by atoms with Gasteiger partial charge in [-0.05, 0) is 52.9 Å². The summed E-state index contributed by atoms with van der Waals surface area (Å²) in [5.41, 5.74) is -0.177. The Hall–Kier alpha value is -0.0300. The monoisotopic (exact) mass is 297 g/mol. The zero-order chi connectivity index (χ0) is 11.6. The molecule has 2 N–H and O–H groups in total. The molecule has 0 aromatic carbocycles. The fourth-order valence-corrected chi connectivity index (χ4v) is 2.52. The van der Waals surface area contributed by atoms with Gasteiger partial charge in [0.05, 0.1) is 5.41 Å². The Labute approximate surface area is 122 Å². The molecule has 2 fully saturated rings. The van der Waals surface area contributed by atoms with E-state index in [-0.39, 0.29) is 36.1 Å². The zero-order valence-corrected chi connectivity index (χ0v) is 12.8. The van der Waals surface area contributed by atoms with Crippen LogP contribution in [-0.2, 0) is 4.79 Å². The Bertz CT molecular complexity index is 262. The van der Waals surface area contributed by atoms with Gasteiger partial charge in [0.15, 0.2) is 0 Å². The second-order valence-corrected chi connectivity index (χ2v) is 5.54. The number of piperidine rings is 1. The molecule has 0 aromatic rings. The van der Waals surface area contributed by atoms with E-state index in [9.17, 15) is 4.79 Å². The molecule has 2 saturated heterocycles. The summed E-state index contributed by atoms with van der Waals surface area (Å²) in [5, 5.41) is 6.49. The predicted molar refractivity (Wildman–Crippen MR) is 78.8 cm³/mol. The SMILES string of the molecule is CN1CCC(NC(=O)C2(C)CCNC2)CC1.Cl.Cl. The Morgan fingerprint density at radius 3 is 2.44 bits per heavy atom. The number of hydrogen-bond acceptors (Lipinski definition) is 3. The highest BCUT2D eigenvalue weighted by atomic mass is 35.5.